The van der Waals surface area contributed by atoms with Gasteiger partial charge in [-0.1, -0.05) is 0 Å². The Hall–Kier alpha value is -0.130. The number of hydrogen-bond donors (Lipinski definition) is 1. The summed E-state index contributed by atoms with van der Waals surface area (Å²) in [6.45, 7) is 9.39. The summed E-state index contributed by atoms with van der Waals surface area (Å²) in [7, 11) is -3.96. The van der Waals surface area contributed by atoms with Gasteiger partial charge in [0.1, 0.15) is 0 Å². The van der Waals surface area contributed by atoms with Crippen molar-refractivity contribution in [3.8, 4) is 0 Å². The molecule has 0 bridgehead atoms. The van der Waals surface area contributed by atoms with Crippen molar-refractivity contribution < 1.29 is 17.7 Å². The normalized spacial score (nSPS) is 27.6. The second kappa shape index (κ2) is 3.96. The third-order valence-electron chi connectivity index (χ3n) is 3.19. The van der Waals surface area contributed by atoms with E-state index in [9.17, 15) is 8.42 Å². The van der Waals surface area contributed by atoms with E-state index in [1.165, 1.54) is 0 Å². The molecule has 1 heterocycles. The van der Waals surface area contributed by atoms with E-state index >= 15 is 0 Å². The molecule has 1 fully saturated rings. The van der Waals surface area contributed by atoms with Gasteiger partial charge in [-0.05, 0) is 53.4 Å². The van der Waals surface area contributed by atoms with Crippen molar-refractivity contribution in [2.24, 2.45) is 5.92 Å². The van der Waals surface area contributed by atoms with Crippen molar-refractivity contribution in [1.29, 1.82) is 0 Å². The highest BCUT2D eigenvalue weighted by atomic mass is 32.2. The van der Waals surface area contributed by atoms with Crippen molar-refractivity contribution >= 4 is 10.1 Å². The third-order valence-corrected chi connectivity index (χ3v) is 4.52. The minimum Gasteiger partial charge on any atom is -0.370 e. The molecule has 5 heteroatoms. The van der Waals surface area contributed by atoms with Crippen LogP contribution in [0.3, 0.4) is 0 Å². The summed E-state index contributed by atoms with van der Waals surface area (Å²) in [6, 6.07) is 0. The molecule has 1 aliphatic rings. The molecular formula is C11H22O4S. The summed E-state index contributed by atoms with van der Waals surface area (Å²) in [5.74, 6) is -0.0613. The fourth-order valence-electron chi connectivity index (χ4n) is 2.74. The zero-order chi connectivity index (χ0) is 12.8. The van der Waals surface area contributed by atoms with Crippen LogP contribution in [0.4, 0.5) is 0 Å². The van der Waals surface area contributed by atoms with E-state index in [1.807, 2.05) is 27.7 Å². The molecule has 0 aromatic carbocycles. The van der Waals surface area contributed by atoms with Gasteiger partial charge < -0.3 is 4.74 Å². The van der Waals surface area contributed by atoms with Crippen LogP contribution in [-0.2, 0) is 14.9 Å². The van der Waals surface area contributed by atoms with Crippen LogP contribution in [0.1, 0.15) is 47.5 Å². The molecule has 16 heavy (non-hydrogen) atoms. The Balaban J connectivity index is 2.91. The molecule has 0 spiro atoms. The highest BCUT2D eigenvalue weighted by molar-refractivity contribution is 7.86. The molecule has 0 aromatic rings. The van der Waals surface area contributed by atoms with Gasteiger partial charge in [-0.3, -0.25) is 4.55 Å². The Labute approximate surface area is 98.1 Å². The molecule has 4 nitrogen and oxygen atoms in total. The number of rotatable bonds is 2. The monoisotopic (exact) mass is 250 g/mol. The van der Waals surface area contributed by atoms with Crippen LogP contribution in [0.25, 0.3) is 0 Å². The molecule has 0 amide bonds. The SMILES string of the molecule is CC(C1CC(C)(C)OC(C)(C)C1)S(=O)(=O)O. The maximum atomic E-state index is 11.2. The fraction of sp³-hybridized carbons (Fsp3) is 1.00. The molecule has 1 aliphatic heterocycles. The van der Waals surface area contributed by atoms with Crippen LogP contribution < -0.4 is 0 Å². The molecule has 1 atom stereocenters. The Bertz CT molecular complexity index is 340. The van der Waals surface area contributed by atoms with Gasteiger partial charge >= 0.3 is 0 Å². The Morgan fingerprint density at radius 3 is 1.88 bits per heavy atom. The lowest BCUT2D eigenvalue weighted by molar-refractivity contribution is -0.172. The number of hydrogen-bond acceptors (Lipinski definition) is 3. The van der Waals surface area contributed by atoms with Crippen LogP contribution in [-0.4, -0.2) is 29.4 Å². The van der Waals surface area contributed by atoms with Crippen molar-refractivity contribution in [3.05, 3.63) is 0 Å². The molecular weight excluding hydrogens is 228 g/mol. The highest BCUT2D eigenvalue weighted by Crippen LogP contribution is 2.40. The molecule has 1 rings (SSSR count). The molecule has 0 aliphatic carbocycles. The zero-order valence-corrected chi connectivity index (χ0v) is 11.5. The van der Waals surface area contributed by atoms with E-state index < -0.39 is 15.4 Å². The first kappa shape index (κ1) is 13.9. The minimum atomic E-state index is -3.96. The van der Waals surface area contributed by atoms with Gasteiger partial charge in [0.2, 0.25) is 0 Å². The molecule has 0 aromatic heterocycles. The van der Waals surface area contributed by atoms with E-state index in [4.69, 9.17) is 9.29 Å². The van der Waals surface area contributed by atoms with E-state index in [0.717, 1.165) is 0 Å². The lowest BCUT2D eigenvalue weighted by Crippen LogP contribution is -2.48. The van der Waals surface area contributed by atoms with Crippen LogP contribution in [0.5, 0.6) is 0 Å². The molecule has 1 unspecified atom stereocenters. The topological polar surface area (TPSA) is 63.6 Å². The van der Waals surface area contributed by atoms with Crippen molar-refractivity contribution in [2.75, 3.05) is 0 Å². The summed E-state index contributed by atoms with van der Waals surface area (Å²) in [5, 5.41) is -0.727. The molecule has 0 saturated carbocycles. The predicted octanol–water partition coefficient (Wildman–Crippen LogP) is 2.25. The smallest absolute Gasteiger partial charge is 0.267 e. The van der Waals surface area contributed by atoms with Gasteiger partial charge in [0, 0.05) is 0 Å². The molecule has 1 saturated heterocycles. The lowest BCUT2D eigenvalue weighted by Gasteiger charge is -2.46. The Morgan fingerprint density at radius 2 is 1.56 bits per heavy atom. The quantitative estimate of drug-likeness (QED) is 0.763. The minimum absolute atomic E-state index is 0.0613. The summed E-state index contributed by atoms with van der Waals surface area (Å²) >= 11 is 0. The fourth-order valence-corrected chi connectivity index (χ4v) is 3.42. The van der Waals surface area contributed by atoms with Gasteiger partial charge in [-0.25, -0.2) is 0 Å². The Morgan fingerprint density at radius 1 is 1.19 bits per heavy atom. The largest absolute Gasteiger partial charge is 0.370 e. The summed E-state index contributed by atoms with van der Waals surface area (Å²) in [6.07, 6.45) is 1.30. The van der Waals surface area contributed by atoms with E-state index in [2.05, 4.69) is 0 Å². The van der Waals surface area contributed by atoms with E-state index in [1.54, 1.807) is 6.92 Å². The van der Waals surface area contributed by atoms with Crippen LogP contribution in [0.2, 0.25) is 0 Å². The first-order chi connectivity index (χ1) is 6.93. The van der Waals surface area contributed by atoms with Gasteiger partial charge in [0.25, 0.3) is 10.1 Å². The molecule has 0 radical (unpaired) electrons. The van der Waals surface area contributed by atoms with Gasteiger partial charge in [-0.15, -0.1) is 0 Å². The summed E-state index contributed by atoms with van der Waals surface area (Å²) in [4.78, 5) is 0. The second-order valence-electron chi connectivity index (χ2n) is 6.01. The van der Waals surface area contributed by atoms with Crippen molar-refractivity contribution in [1.82, 2.24) is 0 Å². The average Bonchev–Trinajstić information content (AvgIpc) is 1.94. The van der Waals surface area contributed by atoms with Crippen LogP contribution in [0.15, 0.2) is 0 Å². The summed E-state index contributed by atoms with van der Waals surface area (Å²) in [5.41, 5.74) is -0.684. The van der Waals surface area contributed by atoms with Gasteiger partial charge in [0.05, 0.1) is 16.5 Å². The average molecular weight is 250 g/mol. The third kappa shape index (κ3) is 3.43. The standard InChI is InChI=1S/C11H22O4S/c1-8(16(12,13)14)9-6-10(2,3)15-11(4,5)7-9/h8-9H,6-7H2,1-5H3,(H,12,13,14). The van der Waals surface area contributed by atoms with Gasteiger partial charge in [0.15, 0.2) is 0 Å². The first-order valence-corrected chi connectivity index (χ1v) is 7.10. The van der Waals surface area contributed by atoms with E-state index in [-0.39, 0.29) is 17.1 Å². The zero-order valence-electron chi connectivity index (χ0n) is 10.6. The second-order valence-corrected chi connectivity index (χ2v) is 7.78. The van der Waals surface area contributed by atoms with Crippen molar-refractivity contribution in [3.63, 3.8) is 0 Å². The van der Waals surface area contributed by atoms with E-state index in [0.29, 0.717) is 12.8 Å². The predicted molar refractivity (Wildman–Crippen MR) is 63.0 cm³/mol. The van der Waals surface area contributed by atoms with Crippen LogP contribution >= 0.6 is 0 Å². The maximum Gasteiger partial charge on any atom is 0.267 e. The summed E-state index contributed by atoms with van der Waals surface area (Å²) < 4.78 is 37.3. The lowest BCUT2D eigenvalue weighted by atomic mass is 9.79. The maximum absolute atomic E-state index is 11.2. The Kier molecular flexibility index (Phi) is 3.45. The van der Waals surface area contributed by atoms with Gasteiger partial charge in [-0.2, -0.15) is 8.42 Å². The molecule has 1 N–H and O–H groups in total. The van der Waals surface area contributed by atoms with Crippen LogP contribution in [0, 0.1) is 5.92 Å². The highest BCUT2D eigenvalue weighted by Gasteiger charge is 2.43. The van der Waals surface area contributed by atoms with Crippen molar-refractivity contribution in [2.45, 2.75) is 63.9 Å². The first-order valence-electron chi connectivity index (χ1n) is 5.59. The molecule has 96 valence electrons. The number of ether oxygens (including phenoxy) is 1.